The van der Waals surface area contributed by atoms with E-state index in [1.165, 1.54) is 0 Å². The lowest BCUT2D eigenvalue weighted by atomic mass is 10.2. The number of rotatable bonds is 4. The van der Waals surface area contributed by atoms with Crippen molar-refractivity contribution >= 4 is 22.6 Å². The molecule has 2 aromatic carbocycles. The molecule has 25 heavy (non-hydrogen) atoms. The summed E-state index contributed by atoms with van der Waals surface area (Å²) in [6.07, 6.45) is 0.893. The van der Waals surface area contributed by atoms with Crippen LogP contribution in [0.4, 0.5) is 0 Å². The number of benzene rings is 2. The lowest BCUT2D eigenvalue weighted by Crippen LogP contribution is -2.16. The Kier molecular flexibility index (Phi) is 3.89. The van der Waals surface area contributed by atoms with E-state index in [-0.39, 0.29) is 5.69 Å². The fraction of sp³-hybridized carbons (Fsp3) is 0.167. The van der Waals surface area contributed by atoms with Crippen molar-refractivity contribution in [3.05, 3.63) is 58.0 Å². The minimum Gasteiger partial charge on any atom is -0.334 e. The first kappa shape index (κ1) is 15.7. The summed E-state index contributed by atoms with van der Waals surface area (Å²) in [5.74, 6) is 0.889. The second-order valence-electron chi connectivity index (χ2n) is 5.74. The Balaban J connectivity index is 1.73. The number of aromatic nitrogens is 4. The lowest BCUT2D eigenvalue weighted by molar-refractivity contribution is 0.432. The van der Waals surface area contributed by atoms with Gasteiger partial charge in [0, 0.05) is 22.7 Å². The van der Waals surface area contributed by atoms with Gasteiger partial charge in [-0.25, -0.2) is 4.79 Å². The highest BCUT2D eigenvalue weighted by molar-refractivity contribution is 6.30. The maximum absolute atomic E-state index is 12.0. The fourth-order valence-corrected chi connectivity index (χ4v) is 2.92. The molecule has 0 amide bonds. The SMILES string of the molecule is CCCn1c(=O)[nH]c2cc(-c3noc(-c4ccc(Cl)cc4)n3)ccc21. The van der Waals surface area contributed by atoms with Crippen molar-refractivity contribution in [2.24, 2.45) is 0 Å². The van der Waals surface area contributed by atoms with Gasteiger partial charge in [0.05, 0.1) is 11.0 Å². The van der Waals surface area contributed by atoms with Crippen molar-refractivity contribution in [1.29, 1.82) is 0 Å². The Labute approximate surface area is 148 Å². The third-order valence-corrected chi connectivity index (χ3v) is 4.25. The molecule has 0 aliphatic carbocycles. The number of aromatic amines is 1. The number of nitrogens with one attached hydrogen (secondary N) is 1. The van der Waals surface area contributed by atoms with Gasteiger partial charge in [0.2, 0.25) is 5.82 Å². The molecule has 0 atom stereocenters. The van der Waals surface area contributed by atoms with Gasteiger partial charge in [0.25, 0.3) is 5.89 Å². The molecule has 0 aliphatic rings. The van der Waals surface area contributed by atoms with Gasteiger partial charge in [-0.1, -0.05) is 23.7 Å². The van der Waals surface area contributed by atoms with E-state index < -0.39 is 0 Å². The largest absolute Gasteiger partial charge is 0.334 e. The minimum absolute atomic E-state index is 0.107. The predicted octanol–water partition coefficient (Wildman–Crippen LogP) is 4.11. The molecule has 2 heterocycles. The normalized spacial score (nSPS) is 11.3. The van der Waals surface area contributed by atoms with Crippen molar-refractivity contribution in [2.75, 3.05) is 0 Å². The van der Waals surface area contributed by atoms with Gasteiger partial charge in [-0.2, -0.15) is 4.98 Å². The maximum Gasteiger partial charge on any atom is 0.326 e. The Morgan fingerprint density at radius 2 is 1.92 bits per heavy atom. The van der Waals surface area contributed by atoms with E-state index in [0.717, 1.165) is 28.6 Å². The predicted molar refractivity (Wildman–Crippen MR) is 96.6 cm³/mol. The van der Waals surface area contributed by atoms with E-state index in [1.54, 1.807) is 16.7 Å². The van der Waals surface area contributed by atoms with Crippen LogP contribution in [0.25, 0.3) is 33.9 Å². The summed E-state index contributed by atoms with van der Waals surface area (Å²) in [6.45, 7) is 2.72. The molecule has 2 aromatic heterocycles. The first-order valence-electron chi connectivity index (χ1n) is 7.98. The van der Waals surface area contributed by atoms with E-state index in [1.807, 2.05) is 37.3 Å². The Bertz CT molecular complexity index is 1090. The highest BCUT2D eigenvalue weighted by Crippen LogP contribution is 2.25. The van der Waals surface area contributed by atoms with E-state index in [2.05, 4.69) is 15.1 Å². The number of hydrogen-bond acceptors (Lipinski definition) is 4. The molecule has 126 valence electrons. The second-order valence-corrected chi connectivity index (χ2v) is 6.18. The Hall–Kier alpha value is -2.86. The van der Waals surface area contributed by atoms with Crippen LogP contribution < -0.4 is 5.69 Å². The molecule has 4 rings (SSSR count). The van der Waals surface area contributed by atoms with Crippen LogP contribution in [0, 0.1) is 0 Å². The van der Waals surface area contributed by atoms with Crippen molar-refractivity contribution < 1.29 is 4.52 Å². The first-order valence-corrected chi connectivity index (χ1v) is 8.36. The van der Waals surface area contributed by atoms with Crippen molar-refractivity contribution in [1.82, 2.24) is 19.7 Å². The number of fused-ring (bicyclic) bond motifs is 1. The highest BCUT2D eigenvalue weighted by Gasteiger charge is 2.13. The smallest absolute Gasteiger partial charge is 0.326 e. The molecule has 6 nitrogen and oxygen atoms in total. The van der Waals surface area contributed by atoms with Crippen LogP contribution in [0.1, 0.15) is 13.3 Å². The van der Waals surface area contributed by atoms with Gasteiger partial charge in [-0.15, -0.1) is 0 Å². The summed E-state index contributed by atoms with van der Waals surface area (Å²) in [5.41, 5.74) is 3.10. The standard InChI is InChI=1S/C18H15ClN4O2/c1-2-9-23-15-8-5-12(10-14(15)20-18(23)24)16-21-17(25-22-16)11-3-6-13(19)7-4-11/h3-8,10H,2,9H2,1H3,(H,20,24). The first-order chi connectivity index (χ1) is 12.2. The molecule has 0 saturated carbocycles. The molecule has 0 aliphatic heterocycles. The van der Waals surface area contributed by atoms with Gasteiger partial charge in [-0.05, 0) is 48.9 Å². The molecule has 7 heteroatoms. The molecule has 0 spiro atoms. The number of aryl methyl sites for hydroxylation is 1. The molecule has 0 unspecified atom stereocenters. The highest BCUT2D eigenvalue weighted by atomic mass is 35.5. The number of H-pyrrole nitrogens is 1. The quantitative estimate of drug-likeness (QED) is 0.598. The summed E-state index contributed by atoms with van der Waals surface area (Å²) >= 11 is 5.90. The van der Waals surface area contributed by atoms with Gasteiger partial charge in [0.15, 0.2) is 0 Å². The van der Waals surface area contributed by atoms with Crippen LogP contribution in [-0.4, -0.2) is 19.7 Å². The number of imidazole rings is 1. The topological polar surface area (TPSA) is 76.7 Å². The summed E-state index contributed by atoms with van der Waals surface area (Å²) < 4.78 is 7.07. The second kappa shape index (κ2) is 6.22. The van der Waals surface area contributed by atoms with E-state index >= 15 is 0 Å². The zero-order valence-corrected chi connectivity index (χ0v) is 14.2. The molecule has 0 saturated heterocycles. The monoisotopic (exact) mass is 354 g/mol. The van der Waals surface area contributed by atoms with Gasteiger partial charge in [-0.3, -0.25) is 4.57 Å². The van der Waals surface area contributed by atoms with Crippen molar-refractivity contribution in [3.8, 4) is 22.8 Å². The lowest BCUT2D eigenvalue weighted by Gasteiger charge is -2.00. The zero-order chi connectivity index (χ0) is 17.4. The Morgan fingerprint density at radius 3 is 2.68 bits per heavy atom. The van der Waals surface area contributed by atoms with Crippen LogP contribution in [0.15, 0.2) is 51.8 Å². The summed E-state index contributed by atoms with van der Waals surface area (Å²) in [7, 11) is 0. The minimum atomic E-state index is -0.107. The van der Waals surface area contributed by atoms with Crippen LogP contribution in [0.3, 0.4) is 0 Å². The van der Waals surface area contributed by atoms with E-state index in [9.17, 15) is 4.79 Å². The fourth-order valence-electron chi connectivity index (χ4n) is 2.80. The van der Waals surface area contributed by atoms with Crippen LogP contribution in [0.2, 0.25) is 5.02 Å². The molecule has 4 aromatic rings. The molecule has 1 N–H and O–H groups in total. The third-order valence-electron chi connectivity index (χ3n) is 4.00. The molecule has 0 fully saturated rings. The van der Waals surface area contributed by atoms with Crippen LogP contribution >= 0.6 is 11.6 Å². The maximum atomic E-state index is 12.0. The van der Waals surface area contributed by atoms with Crippen LogP contribution in [-0.2, 0) is 6.54 Å². The molecular formula is C18H15ClN4O2. The molecular weight excluding hydrogens is 340 g/mol. The van der Waals surface area contributed by atoms with Gasteiger partial charge < -0.3 is 9.51 Å². The molecule has 0 radical (unpaired) electrons. The van der Waals surface area contributed by atoms with E-state index in [0.29, 0.717) is 23.3 Å². The number of halogens is 1. The van der Waals surface area contributed by atoms with Crippen molar-refractivity contribution in [2.45, 2.75) is 19.9 Å². The number of hydrogen-bond donors (Lipinski definition) is 1. The zero-order valence-electron chi connectivity index (χ0n) is 13.5. The summed E-state index contributed by atoms with van der Waals surface area (Å²) in [6, 6.07) is 12.8. The van der Waals surface area contributed by atoms with Crippen molar-refractivity contribution in [3.63, 3.8) is 0 Å². The van der Waals surface area contributed by atoms with Gasteiger partial charge >= 0.3 is 5.69 Å². The third kappa shape index (κ3) is 2.85. The van der Waals surface area contributed by atoms with E-state index in [4.69, 9.17) is 16.1 Å². The number of nitrogens with zero attached hydrogens (tertiary/aromatic N) is 3. The molecule has 0 bridgehead atoms. The van der Waals surface area contributed by atoms with Gasteiger partial charge in [0.1, 0.15) is 0 Å². The summed E-state index contributed by atoms with van der Waals surface area (Å²) in [4.78, 5) is 19.3. The Morgan fingerprint density at radius 1 is 1.16 bits per heavy atom. The average molecular weight is 355 g/mol. The summed E-state index contributed by atoms with van der Waals surface area (Å²) in [5, 5.41) is 4.69. The average Bonchev–Trinajstić information content (AvgIpc) is 3.21. The van der Waals surface area contributed by atoms with Crippen LogP contribution in [0.5, 0.6) is 0 Å².